The van der Waals surface area contributed by atoms with Crippen molar-refractivity contribution in [2.75, 3.05) is 0 Å². The van der Waals surface area contributed by atoms with Gasteiger partial charge in [0.15, 0.2) is 17.4 Å². The second-order valence-electron chi connectivity index (χ2n) is 3.63. The van der Waals surface area contributed by atoms with E-state index < -0.39 is 11.6 Å². The van der Waals surface area contributed by atoms with Gasteiger partial charge in [-0.25, -0.2) is 8.78 Å². The highest BCUT2D eigenvalue weighted by Gasteiger charge is 2.12. The molecule has 0 aliphatic heterocycles. The van der Waals surface area contributed by atoms with Gasteiger partial charge < -0.3 is 4.74 Å². The van der Waals surface area contributed by atoms with Crippen LogP contribution >= 0.6 is 15.9 Å². The topological polar surface area (TPSA) is 22.1 Å². The number of hydrogen-bond donors (Lipinski definition) is 0. The second kappa shape index (κ2) is 5.91. The van der Waals surface area contributed by atoms with Crippen molar-refractivity contribution in [3.63, 3.8) is 0 Å². The minimum absolute atomic E-state index is 0.0301. The normalized spacial score (nSPS) is 10.4. The van der Waals surface area contributed by atoms with E-state index in [1.54, 1.807) is 24.4 Å². The first-order valence-corrected chi connectivity index (χ1v) is 6.39. The molecule has 2 nitrogen and oxygen atoms in total. The first kappa shape index (κ1) is 13.0. The van der Waals surface area contributed by atoms with E-state index in [0.29, 0.717) is 16.6 Å². The summed E-state index contributed by atoms with van der Waals surface area (Å²) in [6.45, 7) is 0.0301. The molecule has 2 aromatic rings. The lowest BCUT2D eigenvalue weighted by molar-refractivity contribution is 0.270. The average molecular weight is 314 g/mol. The molecule has 1 aromatic heterocycles. The minimum Gasteiger partial charge on any atom is -0.481 e. The van der Waals surface area contributed by atoms with Crippen molar-refractivity contribution in [3.8, 4) is 5.75 Å². The molecule has 2 rings (SSSR count). The van der Waals surface area contributed by atoms with Gasteiger partial charge in [-0.1, -0.05) is 22.0 Å². The van der Waals surface area contributed by atoms with Gasteiger partial charge >= 0.3 is 0 Å². The van der Waals surface area contributed by atoms with Crippen LogP contribution in [0.3, 0.4) is 0 Å². The zero-order valence-electron chi connectivity index (χ0n) is 9.37. The number of pyridine rings is 1. The third-order valence-corrected chi connectivity index (χ3v) is 2.95. The lowest BCUT2D eigenvalue weighted by Gasteiger charge is -2.09. The first-order chi connectivity index (χ1) is 8.70. The zero-order chi connectivity index (χ0) is 13.0. The van der Waals surface area contributed by atoms with Crippen molar-refractivity contribution >= 4 is 15.9 Å². The van der Waals surface area contributed by atoms with E-state index in [0.717, 1.165) is 0 Å². The molecule has 0 saturated heterocycles. The van der Waals surface area contributed by atoms with Crippen LogP contribution in [-0.2, 0) is 11.9 Å². The second-order valence-corrected chi connectivity index (χ2v) is 4.19. The Kier molecular flexibility index (Phi) is 4.25. The monoisotopic (exact) mass is 313 g/mol. The van der Waals surface area contributed by atoms with Crippen LogP contribution in [0.5, 0.6) is 5.75 Å². The maximum absolute atomic E-state index is 13.6. The van der Waals surface area contributed by atoms with Gasteiger partial charge in [0.05, 0.1) is 5.69 Å². The van der Waals surface area contributed by atoms with Gasteiger partial charge in [0.1, 0.15) is 6.61 Å². The maximum atomic E-state index is 13.6. The Morgan fingerprint density at radius 2 is 1.89 bits per heavy atom. The van der Waals surface area contributed by atoms with Gasteiger partial charge in [-0.05, 0) is 29.8 Å². The van der Waals surface area contributed by atoms with Gasteiger partial charge in [-0.2, -0.15) is 0 Å². The van der Waals surface area contributed by atoms with E-state index in [1.807, 2.05) is 0 Å². The van der Waals surface area contributed by atoms with Crippen LogP contribution in [0.25, 0.3) is 0 Å². The predicted molar refractivity (Wildman–Crippen MR) is 67.6 cm³/mol. The summed E-state index contributed by atoms with van der Waals surface area (Å²) in [4.78, 5) is 4.01. The molecule has 1 heterocycles. The summed E-state index contributed by atoms with van der Waals surface area (Å²) < 4.78 is 32.3. The molecule has 5 heteroatoms. The molecular formula is C13H10BrF2NO. The van der Waals surface area contributed by atoms with Crippen LogP contribution in [0.4, 0.5) is 8.78 Å². The van der Waals surface area contributed by atoms with Crippen molar-refractivity contribution in [2.24, 2.45) is 0 Å². The summed E-state index contributed by atoms with van der Waals surface area (Å²) in [5.74, 6) is -1.79. The molecule has 0 aliphatic carbocycles. The number of ether oxygens (including phenoxy) is 1. The van der Waals surface area contributed by atoms with E-state index in [2.05, 4.69) is 20.9 Å². The summed E-state index contributed by atoms with van der Waals surface area (Å²) in [5.41, 5.74) is 1.14. The number of hydrogen-bond acceptors (Lipinski definition) is 2. The van der Waals surface area contributed by atoms with Gasteiger partial charge in [0.25, 0.3) is 0 Å². The highest BCUT2D eigenvalue weighted by Crippen LogP contribution is 2.25. The first-order valence-electron chi connectivity index (χ1n) is 5.27. The fourth-order valence-electron chi connectivity index (χ4n) is 1.46. The average Bonchev–Trinajstić information content (AvgIpc) is 2.38. The molecule has 0 N–H and O–H groups in total. The molecule has 0 spiro atoms. The standard InChI is InChI=1S/C13H10BrF2NO/c14-7-9-5-11(15)13(12(16)6-9)18-8-10-3-1-2-4-17-10/h1-6H,7-8H2. The van der Waals surface area contributed by atoms with Gasteiger partial charge in [0.2, 0.25) is 0 Å². The number of halogens is 3. The lowest BCUT2D eigenvalue weighted by Crippen LogP contribution is -2.02. The van der Waals surface area contributed by atoms with Gasteiger partial charge in [-0.3, -0.25) is 4.98 Å². The van der Waals surface area contributed by atoms with Crippen molar-refractivity contribution < 1.29 is 13.5 Å². The number of aromatic nitrogens is 1. The highest BCUT2D eigenvalue weighted by molar-refractivity contribution is 9.08. The highest BCUT2D eigenvalue weighted by atomic mass is 79.9. The third kappa shape index (κ3) is 3.04. The quantitative estimate of drug-likeness (QED) is 0.800. The molecular weight excluding hydrogens is 304 g/mol. The van der Waals surface area contributed by atoms with Crippen LogP contribution in [0.15, 0.2) is 36.5 Å². The zero-order valence-corrected chi connectivity index (χ0v) is 11.0. The number of benzene rings is 1. The summed E-state index contributed by atoms with van der Waals surface area (Å²) in [6, 6.07) is 7.75. The molecule has 0 bridgehead atoms. The van der Waals surface area contributed by atoms with E-state index in [9.17, 15) is 8.78 Å². The van der Waals surface area contributed by atoms with Crippen LogP contribution in [0, 0.1) is 11.6 Å². The van der Waals surface area contributed by atoms with Crippen molar-refractivity contribution in [1.82, 2.24) is 4.98 Å². The van der Waals surface area contributed by atoms with Crippen LogP contribution in [-0.4, -0.2) is 4.98 Å². The van der Waals surface area contributed by atoms with Crippen molar-refractivity contribution in [3.05, 3.63) is 59.4 Å². The van der Waals surface area contributed by atoms with Crippen molar-refractivity contribution in [2.45, 2.75) is 11.9 Å². The Morgan fingerprint density at radius 1 is 1.17 bits per heavy atom. The summed E-state index contributed by atoms with van der Waals surface area (Å²) >= 11 is 3.14. The Balaban J connectivity index is 2.15. The predicted octanol–water partition coefficient (Wildman–Crippen LogP) is 3.83. The summed E-state index contributed by atoms with van der Waals surface area (Å²) in [7, 11) is 0. The van der Waals surface area contributed by atoms with Crippen LogP contribution in [0.2, 0.25) is 0 Å². The lowest BCUT2D eigenvalue weighted by atomic mass is 10.2. The Bertz CT molecular complexity index is 511. The number of nitrogens with zero attached hydrogens (tertiary/aromatic N) is 1. The molecule has 94 valence electrons. The summed E-state index contributed by atoms with van der Waals surface area (Å²) in [6.07, 6.45) is 1.60. The molecule has 1 aromatic carbocycles. The number of alkyl halides is 1. The van der Waals surface area contributed by atoms with Crippen molar-refractivity contribution in [1.29, 1.82) is 0 Å². The fourth-order valence-corrected chi connectivity index (χ4v) is 1.78. The van der Waals surface area contributed by atoms with E-state index in [4.69, 9.17) is 4.74 Å². The SMILES string of the molecule is Fc1cc(CBr)cc(F)c1OCc1ccccn1. The Labute approximate surface area is 112 Å². The molecule has 0 amide bonds. The maximum Gasteiger partial charge on any atom is 0.191 e. The molecule has 0 radical (unpaired) electrons. The van der Waals surface area contributed by atoms with Crippen LogP contribution in [0.1, 0.15) is 11.3 Å². The van der Waals surface area contributed by atoms with E-state index in [-0.39, 0.29) is 12.4 Å². The molecule has 0 unspecified atom stereocenters. The Hall–Kier alpha value is -1.49. The molecule has 0 fully saturated rings. The van der Waals surface area contributed by atoms with Gasteiger partial charge in [0, 0.05) is 11.5 Å². The molecule has 0 atom stereocenters. The largest absolute Gasteiger partial charge is 0.481 e. The molecule has 0 aliphatic rings. The molecule has 18 heavy (non-hydrogen) atoms. The molecule has 0 saturated carbocycles. The van der Waals surface area contributed by atoms with E-state index in [1.165, 1.54) is 12.1 Å². The smallest absolute Gasteiger partial charge is 0.191 e. The third-order valence-electron chi connectivity index (χ3n) is 2.30. The van der Waals surface area contributed by atoms with Crippen LogP contribution < -0.4 is 4.74 Å². The van der Waals surface area contributed by atoms with Gasteiger partial charge in [-0.15, -0.1) is 0 Å². The summed E-state index contributed by atoms with van der Waals surface area (Å²) in [5, 5.41) is 0.390. The number of rotatable bonds is 4. The van der Waals surface area contributed by atoms with E-state index >= 15 is 0 Å². The Morgan fingerprint density at radius 3 is 2.44 bits per heavy atom. The minimum atomic E-state index is -0.708. The fraction of sp³-hybridized carbons (Fsp3) is 0.154.